The van der Waals surface area contributed by atoms with Crippen molar-refractivity contribution in [1.29, 1.82) is 0 Å². The van der Waals surface area contributed by atoms with Crippen LogP contribution in [0.1, 0.15) is 16.7 Å². The van der Waals surface area contributed by atoms with Gasteiger partial charge < -0.3 is 5.11 Å². The Bertz CT molecular complexity index is 576. The number of aliphatic hydroxyl groups is 1. The highest BCUT2D eigenvalue weighted by atomic mass is 127. The first-order chi connectivity index (χ1) is 9.84. The molecule has 0 aliphatic heterocycles. The maximum Gasteiger partial charge on any atom is 0.416 e. The van der Waals surface area contributed by atoms with E-state index in [4.69, 9.17) is 0 Å². The van der Waals surface area contributed by atoms with E-state index in [0.717, 1.165) is 21.3 Å². The van der Waals surface area contributed by atoms with Crippen LogP contribution in [0.3, 0.4) is 0 Å². The van der Waals surface area contributed by atoms with Crippen LogP contribution in [0.25, 0.3) is 0 Å². The summed E-state index contributed by atoms with van der Waals surface area (Å²) in [6.07, 6.45) is -4.11. The van der Waals surface area contributed by atoms with Gasteiger partial charge in [0.1, 0.15) is 0 Å². The van der Waals surface area contributed by atoms with Crippen molar-refractivity contribution in [3.8, 4) is 0 Å². The first-order valence-corrected chi connectivity index (χ1v) is 7.51. The highest BCUT2D eigenvalue weighted by Gasteiger charge is 2.29. The molecule has 0 heterocycles. The highest BCUT2D eigenvalue weighted by molar-refractivity contribution is 14.1. The molecule has 2 aromatic rings. The number of benzene rings is 2. The van der Waals surface area contributed by atoms with Crippen molar-refractivity contribution in [3.05, 3.63) is 68.8 Å². The van der Waals surface area contributed by atoms with Crippen molar-refractivity contribution in [2.45, 2.75) is 25.1 Å². The average Bonchev–Trinajstić information content (AvgIpc) is 2.41. The molecule has 0 aliphatic rings. The van der Waals surface area contributed by atoms with Crippen molar-refractivity contribution in [3.63, 3.8) is 0 Å². The Morgan fingerprint density at radius 2 is 1.29 bits per heavy atom. The minimum absolute atomic E-state index is 0.337. The predicted molar refractivity (Wildman–Crippen MR) is 84.0 cm³/mol. The average molecular weight is 406 g/mol. The standard InChI is InChI=1S/C16H14F3IO/c17-16(18,19)13-5-1-11(2-6-13)9-15(21)10-12-3-7-14(20)8-4-12/h1-8,15,21H,9-10H2. The Morgan fingerprint density at radius 3 is 1.71 bits per heavy atom. The van der Waals surface area contributed by atoms with Gasteiger partial charge in [0.15, 0.2) is 0 Å². The smallest absolute Gasteiger partial charge is 0.392 e. The summed E-state index contributed by atoms with van der Waals surface area (Å²) in [5.41, 5.74) is 1.04. The zero-order valence-corrected chi connectivity index (χ0v) is 13.2. The predicted octanol–water partition coefficient (Wildman–Crippen LogP) is 4.46. The first kappa shape index (κ1) is 16.3. The Hall–Kier alpha value is -1.08. The lowest BCUT2D eigenvalue weighted by molar-refractivity contribution is -0.137. The van der Waals surface area contributed by atoms with E-state index in [2.05, 4.69) is 22.6 Å². The van der Waals surface area contributed by atoms with Crippen LogP contribution in [0.4, 0.5) is 13.2 Å². The third kappa shape index (κ3) is 5.00. The summed E-state index contributed by atoms with van der Waals surface area (Å²) < 4.78 is 38.5. The maximum absolute atomic E-state index is 12.5. The van der Waals surface area contributed by atoms with Crippen LogP contribution in [-0.4, -0.2) is 11.2 Å². The lowest BCUT2D eigenvalue weighted by atomic mass is 10.0. The van der Waals surface area contributed by atoms with E-state index >= 15 is 0 Å². The zero-order chi connectivity index (χ0) is 15.5. The van der Waals surface area contributed by atoms with Crippen LogP contribution in [0, 0.1) is 3.57 Å². The summed E-state index contributed by atoms with van der Waals surface area (Å²) in [7, 11) is 0. The van der Waals surface area contributed by atoms with Gasteiger partial charge in [0, 0.05) is 3.57 Å². The van der Waals surface area contributed by atoms with E-state index < -0.39 is 17.8 Å². The minimum atomic E-state index is -4.32. The Balaban J connectivity index is 1.96. The van der Waals surface area contributed by atoms with E-state index in [9.17, 15) is 18.3 Å². The van der Waals surface area contributed by atoms with Crippen LogP contribution in [-0.2, 0) is 19.0 Å². The summed E-state index contributed by atoms with van der Waals surface area (Å²) >= 11 is 2.20. The Kier molecular flexibility index (Phi) is 5.27. The summed E-state index contributed by atoms with van der Waals surface area (Å²) in [5, 5.41) is 10.0. The molecule has 0 bridgehead atoms. The third-order valence-electron chi connectivity index (χ3n) is 3.14. The highest BCUT2D eigenvalue weighted by Crippen LogP contribution is 2.29. The van der Waals surface area contributed by atoms with E-state index in [1.807, 2.05) is 24.3 Å². The summed E-state index contributed by atoms with van der Waals surface area (Å²) in [4.78, 5) is 0. The molecule has 2 rings (SSSR count). The van der Waals surface area contributed by atoms with Crippen molar-refractivity contribution in [1.82, 2.24) is 0 Å². The van der Waals surface area contributed by atoms with Gasteiger partial charge in [0.2, 0.25) is 0 Å². The fourth-order valence-electron chi connectivity index (χ4n) is 2.07. The molecule has 0 spiro atoms. The molecule has 0 amide bonds. The molecule has 0 aliphatic carbocycles. The number of rotatable bonds is 4. The largest absolute Gasteiger partial charge is 0.416 e. The molecular formula is C16H14F3IO. The molecule has 0 saturated carbocycles. The number of aliphatic hydroxyl groups excluding tert-OH is 1. The van der Waals surface area contributed by atoms with Gasteiger partial charge >= 0.3 is 6.18 Å². The van der Waals surface area contributed by atoms with E-state index in [-0.39, 0.29) is 0 Å². The number of halogens is 4. The van der Waals surface area contributed by atoms with Crippen molar-refractivity contribution >= 4 is 22.6 Å². The lowest BCUT2D eigenvalue weighted by Crippen LogP contribution is -2.14. The number of hydrogen-bond donors (Lipinski definition) is 1. The molecule has 1 N–H and O–H groups in total. The Labute approximate surface area is 135 Å². The molecular weight excluding hydrogens is 392 g/mol. The van der Waals surface area contributed by atoms with Crippen LogP contribution >= 0.6 is 22.6 Å². The minimum Gasteiger partial charge on any atom is -0.392 e. The van der Waals surface area contributed by atoms with Gasteiger partial charge in [-0.1, -0.05) is 24.3 Å². The van der Waals surface area contributed by atoms with Gasteiger partial charge in [-0.25, -0.2) is 0 Å². The van der Waals surface area contributed by atoms with E-state index in [0.29, 0.717) is 18.4 Å². The monoisotopic (exact) mass is 406 g/mol. The van der Waals surface area contributed by atoms with Crippen LogP contribution in [0.15, 0.2) is 48.5 Å². The topological polar surface area (TPSA) is 20.2 Å². The van der Waals surface area contributed by atoms with Crippen molar-refractivity contribution in [2.75, 3.05) is 0 Å². The van der Waals surface area contributed by atoms with E-state index in [1.54, 1.807) is 0 Å². The summed E-state index contributed by atoms with van der Waals surface area (Å²) in [6.45, 7) is 0. The van der Waals surface area contributed by atoms with Crippen molar-refractivity contribution < 1.29 is 18.3 Å². The molecule has 0 radical (unpaired) electrons. The second kappa shape index (κ2) is 6.79. The van der Waals surface area contributed by atoms with Gasteiger partial charge in [-0.2, -0.15) is 13.2 Å². The first-order valence-electron chi connectivity index (χ1n) is 6.43. The number of hydrogen-bond acceptors (Lipinski definition) is 1. The molecule has 0 aromatic heterocycles. The zero-order valence-electron chi connectivity index (χ0n) is 11.1. The molecule has 1 nitrogen and oxygen atoms in total. The van der Waals surface area contributed by atoms with Gasteiger partial charge in [0.05, 0.1) is 11.7 Å². The molecule has 1 unspecified atom stereocenters. The van der Waals surface area contributed by atoms with Gasteiger partial charge in [-0.05, 0) is 70.8 Å². The van der Waals surface area contributed by atoms with Gasteiger partial charge in [0.25, 0.3) is 0 Å². The third-order valence-corrected chi connectivity index (χ3v) is 3.86. The fourth-order valence-corrected chi connectivity index (χ4v) is 2.43. The van der Waals surface area contributed by atoms with E-state index in [1.165, 1.54) is 12.1 Å². The lowest BCUT2D eigenvalue weighted by Gasteiger charge is -2.12. The van der Waals surface area contributed by atoms with Gasteiger partial charge in [-0.15, -0.1) is 0 Å². The maximum atomic E-state index is 12.5. The second-order valence-electron chi connectivity index (χ2n) is 4.88. The molecule has 21 heavy (non-hydrogen) atoms. The van der Waals surface area contributed by atoms with Crippen LogP contribution in [0.2, 0.25) is 0 Å². The normalized spacial score (nSPS) is 13.2. The summed E-state index contributed by atoms with van der Waals surface area (Å²) in [6, 6.07) is 12.7. The molecule has 0 fully saturated rings. The molecule has 2 aromatic carbocycles. The fraction of sp³-hybridized carbons (Fsp3) is 0.250. The molecule has 112 valence electrons. The molecule has 5 heteroatoms. The second-order valence-corrected chi connectivity index (χ2v) is 6.13. The van der Waals surface area contributed by atoms with Gasteiger partial charge in [-0.3, -0.25) is 0 Å². The van der Waals surface area contributed by atoms with Crippen LogP contribution < -0.4 is 0 Å². The number of alkyl halides is 3. The molecule has 1 atom stereocenters. The molecule has 0 saturated heterocycles. The SMILES string of the molecule is OC(Cc1ccc(I)cc1)Cc1ccc(C(F)(F)F)cc1. The quantitative estimate of drug-likeness (QED) is 0.744. The van der Waals surface area contributed by atoms with Crippen molar-refractivity contribution in [2.24, 2.45) is 0 Å². The Morgan fingerprint density at radius 1 is 0.857 bits per heavy atom. The summed E-state index contributed by atoms with van der Waals surface area (Å²) in [5.74, 6) is 0. The van der Waals surface area contributed by atoms with Crippen LogP contribution in [0.5, 0.6) is 0 Å².